The van der Waals surface area contributed by atoms with Crippen LogP contribution in [0.1, 0.15) is 69.4 Å². The van der Waals surface area contributed by atoms with Gasteiger partial charge in [-0.1, -0.05) is 26.0 Å². The second-order valence-corrected chi connectivity index (χ2v) is 8.29. The second-order valence-electron chi connectivity index (χ2n) is 8.29. The van der Waals surface area contributed by atoms with Crippen molar-refractivity contribution in [3.05, 3.63) is 82.0 Å². The Labute approximate surface area is 206 Å². The molecule has 0 bridgehead atoms. The number of fused-ring (bicyclic) bond motifs is 2. The summed E-state index contributed by atoms with van der Waals surface area (Å²) in [6, 6.07) is 14.4. The van der Waals surface area contributed by atoms with Gasteiger partial charge in [-0.25, -0.2) is 4.98 Å². The second kappa shape index (κ2) is 10.2. The summed E-state index contributed by atoms with van der Waals surface area (Å²) in [5.74, 6) is 1.80. The standard InChI is InChI=1S/C26H25N3O4.C2H6/c1-15-12-21-18(24(28-15)27-14-16-8-9-17(32-2)13-23(16)33-3)10-11-22(21)29-25(30)19-6-4-5-7-20(19)26(29)31;1-2/h4-9,12-13,22H,10-11,14H2,1-3H3,(H,27,28);1-2H3/t22-;/m1./s1. The predicted octanol–water partition coefficient (Wildman–Crippen LogP) is 5.33. The van der Waals surface area contributed by atoms with Crippen molar-refractivity contribution >= 4 is 17.6 Å². The fourth-order valence-corrected chi connectivity index (χ4v) is 4.80. The lowest BCUT2D eigenvalue weighted by atomic mass is 10.1. The number of rotatable bonds is 6. The molecule has 182 valence electrons. The van der Waals surface area contributed by atoms with Crippen LogP contribution in [0, 0.1) is 6.92 Å². The smallest absolute Gasteiger partial charge is 0.262 e. The zero-order valence-corrected chi connectivity index (χ0v) is 20.8. The van der Waals surface area contributed by atoms with Crippen molar-refractivity contribution in [1.82, 2.24) is 9.88 Å². The number of carbonyl (C=O) groups is 2. The van der Waals surface area contributed by atoms with Gasteiger partial charge in [-0.15, -0.1) is 0 Å². The van der Waals surface area contributed by atoms with Gasteiger partial charge in [-0.05, 0) is 61.2 Å². The molecule has 2 heterocycles. The number of anilines is 1. The number of carbonyl (C=O) groups excluding carboxylic acids is 2. The number of aromatic nitrogens is 1. The highest BCUT2D eigenvalue weighted by Crippen LogP contribution is 2.42. The van der Waals surface area contributed by atoms with Crippen molar-refractivity contribution < 1.29 is 19.1 Å². The molecule has 0 fully saturated rings. The SMILES string of the molecule is CC.COc1ccc(CNc2nc(C)cc3c2CC[C@H]3N2C(=O)c3ccccc3C2=O)c(OC)c1. The van der Waals surface area contributed by atoms with Gasteiger partial charge in [0.15, 0.2) is 0 Å². The first-order valence-electron chi connectivity index (χ1n) is 11.9. The summed E-state index contributed by atoms with van der Waals surface area (Å²) in [5.41, 5.74) is 4.81. The third-order valence-corrected chi connectivity index (χ3v) is 6.39. The van der Waals surface area contributed by atoms with Crippen LogP contribution in [0.15, 0.2) is 48.5 Å². The molecule has 1 aliphatic heterocycles. The number of nitrogens with one attached hydrogen (secondary N) is 1. The maximum atomic E-state index is 13.1. The minimum atomic E-state index is -0.287. The predicted molar refractivity (Wildman–Crippen MR) is 135 cm³/mol. The van der Waals surface area contributed by atoms with E-state index in [2.05, 4.69) is 5.32 Å². The van der Waals surface area contributed by atoms with Gasteiger partial charge < -0.3 is 14.8 Å². The molecule has 1 N–H and O–H groups in total. The Balaban J connectivity index is 0.00000141. The molecular weight excluding hydrogens is 442 g/mol. The van der Waals surface area contributed by atoms with E-state index in [9.17, 15) is 9.59 Å². The molecule has 7 nitrogen and oxygen atoms in total. The molecular formula is C28H31N3O4. The number of imide groups is 1. The first-order chi connectivity index (χ1) is 17.0. The Morgan fingerprint density at radius 2 is 1.69 bits per heavy atom. The molecule has 1 aliphatic carbocycles. The van der Waals surface area contributed by atoms with E-state index in [1.165, 1.54) is 4.90 Å². The van der Waals surface area contributed by atoms with Crippen LogP contribution in [0.25, 0.3) is 0 Å². The molecule has 35 heavy (non-hydrogen) atoms. The van der Waals surface area contributed by atoms with Crippen LogP contribution in [-0.2, 0) is 13.0 Å². The van der Waals surface area contributed by atoms with Gasteiger partial charge in [0, 0.05) is 23.9 Å². The maximum Gasteiger partial charge on any atom is 0.262 e. The summed E-state index contributed by atoms with van der Waals surface area (Å²) in [5, 5.41) is 3.44. The molecule has 0 unspecified atom stereocenters. The fraction of sp³-hybridized carbons (Fsp3) is 0.321. The van der Waals surface area contributed by atoms with Crippen LogP contribution < -0.4 is 14.8 Å². The highest BCUT2D eigenvalue weighted by Gasteiger charge is 2.43. The lowest BCUT2D eigenvalue weighted by Crippen LogP contribution is -2.33. The van der Waals surface area contributed by atoms with Gasteiger partial charge in [0.05, 0.1) is 31.4 Å². The maximum absolute atomic E-state index is 13.1. The first kappa shape index (κ1) is 24.3. The molecule has 0 radical (unpaired) electrons. The molecule has 0 spiro atoms. The van der Waals surface area contributed by atoms with Gasteiger partial charge in [-0.2, -0.15) is 0 Å². The summed E-state index contributed by atoms with van der Waals surface area (Å²) < 4.78 is 10.8. The Morgan fingerprint density at radius 3 is 2.31 bits per heavy atom. The van der Waals surface area contributed by atoms with E-state index in [0.717, 1.165) is 46.1 Å². The summed E-state index contributed by atoms with van der Waals surface area (Å²) in [6.45, 7) is 6.45. The number of methoxy groups -OCH3 is 2. The van der Waals surface area contributed by atoms with Gasteiger partial charge in [0.25, 0.3) is 11.8 Å². The number of benzene rings is 2. The Bertz CT molecular complexity index is 1240. The van der Waals surface area contributed by atoms with Gasteiger partial charge in [-0.3, -0.25) is 14.5 Å². The normalized spacial score (nSPS) is 15.8. The summed E-state index contributed by atoms with van der Waals surface area (Å²) in [6.07, 6.45) is 1.43. The summed E-state index contributed by atoms with van der Waals surface area (Å²) >= 11 is 0. The van der Waals surface area contributed by atoms with Crippen molar-refractivity contribution in [1.29, 1.82) is 0 Å². The van der Waals surface area contributed by atoms with E-state index in [1.54, 1.807) is 38.5 Å². The molecule has 7 heteroatoms. The average Bonchev–Trinajstić information content (AvgIpc) is 3.41. The van der Waals surface area contributed by atoms with Crippen LogP contribution in [0.4, 0.5) is 5.82 Å². The fourth-order valence-electron chi connectivity index (χ4n) is 4.80. The molecule has 2 aromatic carbocycles. The third-order valence-electron chi connectivity index (χ3n) is 6.39. The molecule has 3 aromatic rings. The average molecular weight is 474 g/mol. The molecule has 2 amide bonds. The summed E-state index contributed by atoms with van der Waals surface area (Å²) in [7, 11) is 3.25. The van der Waals surface area contributed by atoms with Crippen molar-refractivity contribution in [3.8, 4) is 11.5 Å². The van der Waals surface area contributed by atoms with Crippen molar-refractivity contribution in [3.63, 3.8) is 0 Å². The van der Waals surface area contributed by atoms with Crippen LogP contribution in [0.5, 0.6) is 11.5 Å². The summed E-state index contributed by atoms with van der Waals surface area (Å²) in [4.78, 5) is 32.3. The zero-order chi connectivity index (χ0) is 25.1. The quantitative estimate of drug-likeness (QED) is 0.488. The Kier molecular flexibility index (Phi) is 7.05. The topological polar surface area (TPSA) is 80.8 Å². The van der Waals surface area contributed by atoms with Crippen LogP contribution in [0.2, 0.25) is 0 Å². The third kappa shape index (κ3) is 4.34. The molecule has 2 aliphatic rings. The zero-order valence-electron chi connectivity index (χ0n) is 20.8. The van der Waals surface area contributed by atoms with E-state index in [0.29, 0.717) is 24.1 Å². The van der Waals surface area contributed by atoms with E-state index >= 15 is 0 Å². The minimum Gasteiger partial charge on any atom is -0.497 e. The lowest BCUT2D eigenvalue weighted by molar-refractivity contribution is 0.0582. The Hall–Kier alpha value is -3.87. The minimum absolute atomic E-state index is 0.222. The van der Waals surface area contributed by atoms with Crippen LogP contribution in [-0.4, -0.2) is 35.9 Å². The number of nitrogens with zero attached hydrogens (tertiary/aromatic N) is 2. The van der Waals surface area contributed by atoms with Crippen LogP contribution in [0.3, 0.4) is 0 Å². The van der Waals surface area contributed by atoms with Crippen LogP contribution >= 0.6 is 0 Å². The van der Waals surface area contributed by atoms with Gasteiger partial charge >= 0.3 is 0 Å². The monoisotopic (exact) mass is 473 g/mol. The number of amides is 2. The number of pyridine rings is 1. The first-order valence-corrected chi connectivity index (χ1v) is 11.9. The van der Waals surface area contributed by atoms with E-state index in [1.807, 2.05) is 45.0 Å². The van der Waals surface area contributed by atoms with E-state index in [-0.39, 0.29) is 17.9 Å². The van der Waals surface area contributed by atoms with E-state index in [4.69, 9.17) is 14.5 Å². The number of ether oxygens (including phenoxy) is 2. The van der Waals surface area contributed by atoms with Gasteiger partial charge in [0.2, 0.25) is 0 Å². The number of aryl methyl sites for hydroxylation is 1. The highest BCUT2D eigenvalue weighted by atomic mass is 16.5. The molecule has 0 saturated heterocycles. The molecule has 1 aromatic heterocycles. The van der Waals surface area contributed by atoms with Gasteiger partial charge in [0.1, 0.15) is 17.3 Å². The van der Waals surface area contributed by atoms with Crippen molar-refractivity contribution in [2.45, 2.75) is 46.2 Å². The molecule has 0 saturated carbocycles. The van der Waals surface area contributed by atoms with Crippen molar-refractivity contribution in [2.75, 3.05) is 19.5 Å². The highest BCUT2D eigenvalue weighted by molar-refractivity contribution is 6.21. The number of hydrogen-bond donors (Lipinski definition) is 1. The number of hydrogen-bond acceptors (Lipinski definition) is 6. The molecule has 5 rings (SSSR count). The lowest BCUT2D eigenvalue weighted by Gasteiger charge is -2.23. The molecule has 1 atom stereocenters. The van der Waals surface area contributed by atoms with Crippen molar-refractivity contribution in [2.24, 2.45) is 0 Å². The largest absolute Gasteiger partial charge is 0.497 e. The Morgan fingerprint density at radius 1 is 1.00 bits per heavy atom. The van der Waals surface area contributed by atoms with E-state index < -0.39 is 0 Å².